The highest BCUT2D eigenvalue weighted by Crippen LogP contribution is 1.91. The first-order chi connectivity index (χ1) is 5.31. The molecule has 0 bridgehead atoms. The molecule has 0 aliphatic carbocycles. The second-order valence-corrected chi connectivity index (χ2v) is 2.69. The van der Waals surface area contributed by atoms with Gasteiger partial charge in [-0.2, -0.15) is 0 Å². The number of carbonyl (C=O) groups excluding carboxylic acids is 1. The minimum absolute atomic E-state index is 0.248. The SMILES string of the molecule is CN(CCCO)CCCC=O. The number of hydrogen-bond donors (Lipinski definition) is 1. The fraction of sp³-hybridized carbons (Fsp3) is 0.875. The van der Waals surface area contributed by atoms with Crippen molar-refractivity contribution in [1.82, 2.24) is 4.90 Å². The number of aliphatic hydroxyl groups is 1. The molecular formula is C8H17NO2. The molecule has 1 N–H and O–H groups in total. The van der Waals surface area contributed by atoms with Crippen molar-refractivity contribution in [3.8, 4) is 0 Å². The van der Waals surface area contributed by atoms with Gasteiger partial charge in [-0.25, -0.2) is 0 Å². The molecule has 0 aromatic carbocycles. The first-order valence-corrected chi connectivity index (χ1v) is 4.04. The molecule has 11 heavy (non-hydrogen) atoms. The Bertz CT molecular complexity index is 96.1. The second kappa shape index (κ2) is 7.69. The molecule has 0 aromatic heterocycles. The van der Waals surface area contributed by atoms with Crippen LogP contribution in [-0.4, -0.2) is 43.0 Å². The first kappa shape index (κ1) is 10.6. The largest absolute Gasteiger partial charge is 0.396 e. The lowest BCUT2D eigenvalue weighted by atomic mass is 10.3. The smallest absolute Gasteiger partial charge is 0.120 e. The molecule has 66 valence electrons. The van der Waals surface area contributed by atoms with Crippen LogP contribution in [0.5, 0.6) is 0 Å². The molecule has 3 heteroatoms. The molecule has 0 rings (SSSR count). The molecule has 0 heterocycles. The van der Waals surface area contributed by atoms with E-state index in [1.165, 1.54) is 0 Å². The molecule has 0 aliphatic heterocycles. The fourth-order valence-electron chi connectivity index (χ4n) is 0.897. The molecule has 0 radical (unpaired) electrons. The van der Waals surface area contributed by atoms with Crippen LogP contribution in [0.2, 0.25) is 0 Å². The van der Waals surface area contributed by atoms with Crippen LogP contribution in [0.15, 0.2) is 0 Å². The fourth-order valence-corrected chi connectivity index (χ4v) is 0.897. The summed E-state index contributed by atoms with van der Waals surface area (Å²) in [4.78, 5) is 12.1. The molecule has 0 spiro atoms. The van der Waals surface area contributed by atoms with Crippen molar-refractivity contribution < 1.29 is 9.90 Å². The van der Waals surface area contributed by atoms with E-state index in [0.29, 0.717) is 6.42 Å². The Balaban J connectivity index is 3.08. The van der Waals surface area contributed by atoms with Gasteiger partial charge in [-0.1, -0.05) is 0 Å². The third kappa shape index (κ3) is 7.49. The van der Waals surface area contributed by atoms with Gasteiger partial charge in [-0.3, -0.25) is 0 Å². The van der Waals surface area contributed by atoms with E-state index in [9.17, 15) is 4.79 Å². The van der Waals surface area contributed by atoms with Gasteiger partial charge in [0.1, 0.15) is 6.29 Å². The number of aldehydes is 1. The highest BCUT2D eigenvalue weighted by molar-refractivity contribution is 5.48. The summed E-state index contributed by atoms with van der Waals surface area (Å²) in [7, 11) is 2.00. The van der Waals surface area contributed by atoms with Crippen LogP contribution < -0.4 is 0 Å². The average Bonchev–Trinajstić information content (AvgIpc) is 2.01. The van der Waals surface area contributed by atoms with Crippen molar-refractivity contribution in [2.24, 2.45) is 0 Å². The number of rotatable bonds is 7. The third-order valence-corrected chi connectivity index (χ3v) is 1.56. The summed E-state index contributed by atoms with van der Waals surface area (Å²) >= 11 is 0. The summed E-state index contributed by atoms with van der Waals surface area (Å²) in [6.45, 7) is 2.10. The van der Waals surface area contributed by atoms with E-state index < -0.39 is 0 Å². The van der Waals surface area contributed by atoms with Crippen molar-refractivity contribution >= 4 is 6.29 Å². The van der Waals surface area contributed by atoms with Gasteiger partial charge in [0.15, 0.2) is 0 Å². The topological polar surface area (TPSA) is 40.5 Å². The van der Waals surface area contributed by atoms with Gasteiger partial charge in [0, 0.05) is 19.6 Å². The van der Waals surface area contributed by atoms with Crippen molar-refractivity contribution in [2.45, 2.75) is 19.3 Å². The Hall–Kier alpha value is -0.410. The highest BCUT2D eigenvalue weighted by Gasteiger charge is 1.95. The molecule has 0 unspecified atom stereocenters. The van der Waals surface area contributed by atoms with Gasteiger partial charge in [-0.15, -0.1) is 0 Å². The summed E-state index contributed by atoms with van der Waals surface area (Å²) in [6.07, 6.45) is 3.33. The molecule has 0 saturated carbocycles. The van der Waals surface area contributed by atoms with E-state index >= 15 is 0 Å². The third-order valence-electron chi connectivity index (χ3n) is 1.56. The number of carbonyl (C=O) groups is 1. The maximum absolute atomic E-state index is 9.94. The van der Waals surface area contributed by atoms with Crippen molar-refractivity contribution in [1.29, 1.82) is 0 Å². The molecule has 0 atom stereocenters. The van der Waals surface area contributed by atoms with Gasteiger partial charge < -0.3 is 14.8 Å². The predicted molar refractivity (Wildman–Crippen MR) is 44.5 cm³/mol. The number of aliphatic hydroxyl groups excluding tert-OH is 1. The summed E-state index contributed by atoms with van der Waals surface area (Å²) in [5.41, 5.74) is 0. The maximum Gasteiger partial charge on any atom is 0.120 e. The van der Waals surface area contributed by atoms with Crippen LogP contribution in [0, 0.1) is 0 Å². The Kier molecular flexibility index (Phi) is 7.41. The molecule has 3 nitrogen and oxygen atoms in total. The Morgan fingerprint density at radius 2 is 2.00 bits per heavy atom. The number of unbranched alkanes of at least 4 members (excludes halogenated alkanes) is 1. The first-order valence-electron chi connectivity index (χ1n) is 4.04. The number of hydrogen-bond acceptors (Lipinski definition) is 3. The van der Waals surface area contributed by atoms with E-state index in [1.807, 2.05) is 7.05 Å². The summed E-state index contributed by atoms with van der Waals surface area (Å²) in [6, 6.07) is 0. The normalized spacial score (nSPS) is 10.5. The van der Waals surface area contributed by atoms with E-state index in [1.54, 1.807) is 0 Å². The molecule has 0 aromatic rings. The molecule has 0 saturated heterocycles. The zero-order valence-electron chi connectivity index (χ0n) is 7.12. The highest BCUT2D eigenvalue weighted by atomic mass is 16.3. The van der Waals surface area contributed by atoms with Crippen molar-refractivity contribution in [3.05, 3.63) is 0 Å². The molecule has 0 fully saturated rings. The lowest BCUT2D eigenvalue weighted by Gasteiger charge is -2.14. The predicted octanol–water partition coefficient (Wildman–Crippen LogP) is 0.280. The van der Waals surface area contributed by atoms with Crippen LogP contribution in [0.1, 0.15) is 19.3 Å². The van der Waals surface area contributed by atoms with Gasteiger partial charge >= 0.3 is 0 Å². The summed E-state index contributed by atoms with van der Waals surface area (Å²) in [5.74, 6) is 0. The van der Waals surface area contributed by atoms with Crippen LogP contribution in [0.3, 0.4) is 0 Å². The monoisotopic (exact) mass is 159 g/mol. The van der Waals surface area contributed by atoms with Gasteiger partial charge in [0.05, 0.1) is 0 Å². The maximum atomic E-state index is 9.94. The van der Waals surface area contributed by atoms with Crippen molar-refractivity contribution in [2.75, 3.05) is 26.7 Å². The van der Waals surface area contributed by atoms with E-state index in [2.05, 4.69) is 4.90 Å². The van der Waals surface area contributed by atoms with Gasteiger partial charge in [0.25, 0.3) is 0 Å². The summed E-state index contributed by atoms with van der Waals surface area (Å²) < 4.78 is 0. The van der Waals surface area contributed by atoms with Crippen LogP contribution >= 0.6 is 0 Å². The minimum Gasteiger partial charge on any atom is -0.396 e. The minimum atomic E-state index is 0.248. The van der Waals surface area contributed by atoms with E-state index in [4.69, 9.17) is 5.11 Å². The lowest BCUT2D eigenvalue weighted by molar-refractivity contribution is -0.108. The zero-order chi connectivity index (χ0) is 8.53. The average molecular weight is 159 g/mol. The van der Waals surface area contributed by atoms with Gasteiger partial charge in [-0.05, 0) is 26.4 Å². The van der Waals surface area contributed by atoms with Gasteiger partial charge in [0.2, 0.25) is 0 Å². The second-order valence-electron chi connectivity index (χ2n) is 2.69. The molecular weight excluding hydrogens is 142 g/mol. The van der Waals surface area contributed by atoms with E-state index in [-0.39, 0.29) is 6.61 Å². The summed E-state index contributed by atoms with van der Waals surface area (Å²) in [5, 5.41) is 8.50. The molecule has 0 amide bonds. The standard InChI is InChI=1S/C8H17NO2/c1-9(6-4-8-11)5-2-3-7-10/h7,11H,2-6,8H2,1H3. The quantitative estimate of drug-likeness (QED) is 0.428. The Morgan fingerprint density at radius 1 is 1.36 bits per heavy atom. The van der Waals surface area contributed by atoms with Crippen LogP contribution in [-0.2, 0) is 4.79 Å². The molecule has 0 aliphatic rings. The Labute approximate surface area is 68.0 Å². The van der Waals surface area contributed by atoms with E-state index in [0.717, 1.165) is 32.2 Å². The zero-order valence-corrected chi connectivity index (χ0v) is 7.12. The van der Waals surface area contributed by atoms with Crippen LogP contribution in [0.25, 0.3) is 0 Å². The lowest BCUT2D eigenvalue weighted by Crippen LogP contribution is -2.21. The van der Waals surface area contributed by atoms with Crippen LogP contribution in [0.4, 0.5) is 0 Å². The number of nitrogens with zero attached hydrogens (tertiary/aromatic N) is 1. The Morgan fingerprint density at radius 3 is 2.55 bits per heavy atom. The van der Waals surface area contributed by atoms with Crippen molar-refractivity contribution in [3.63, 3.8) is 0 Å².